The Bertz CT molecular complexity index is 284. The number of nitrogens with one attached hydrogen (secondary N) is 2. The van der Waals surface area contributed by atoms with Crippen LogP contribution in [0, 0.1) is 17.8 Å². The van der Waals surface area contributed by atoms with Crippen LogP contribution in [0.1, 0.15) is 58.8 Å². The highest BCUT2D eigenvalue weighted by Gasteiger charge is 2.30. The highest BCUT2D eigenvalue weighted by Crippen LogP contribution is 2.31. The van der Waals surface area contributed by atoms with Crippen molar-refractivity contribution in [1.29, 1.82) is 0 Å². The first-order valence-electron chi connectivity index (χ1n) is 8.18. The summed E-state index contributed by atoms with van der Waals surface area (Å²) in [6.45, 7) is 6.52. The van der Waals surface area contributed by atoms with Crippen LogP contribution in [0.15, 0.2) is 0 Å². The van der Waals surface area contributed by atoms with Crippen LogP contribution >= 0.6 is 0 Å². The summed E-state index contributed by atoms with van der Waals surface area (Å²) in [5.41, 5.74) is 0. The average Bonchev–Trinajstić information content (AvgIpc) is 2.84. The topological polar surface area (TPSA) is 41.1 Å². The van der Waals surface area contributed by atoms with Crippen molar-refractivity contribution in [3.05, 3.63) is 0 Å². The highest BCUT2D eigenvalue weighted by atomic mass is 16.2. The lowest BCUT2D eigenvalue weighted by atomic mass is 9.92. The van der Waals surface area contributed by atoms with E-state index >= 15 is 0 Å². The molecule has 19 heavy (non-hydrogen) atoms. The van der Waals surface area contributed by atoms with Crippen LogP contribution in [-0.2, 0) is 4.79 Å². The van der Waals surface area contributed by atoms with E-state index in [-0.39, 0.29) is 5.92 Å². The lowest BCUT2D eigenvalue weighted by molar-refractivity contribution is -0.126. The summed E-state index contributed by atoms with van der Waals surface area (Å²) in [5.74, 6) is 2.01. The molecule has 1 saturated carbocycles. The molecule has 2 fully saturated rings. The number of amides is 1. The summed E-state index contributed by atoms with van der Waals surface area (Å²) in [4.78, 5) is 12.3. The molecule has 1 saturated heterocycles. The smallest absolute Gasteiger partial charge is 0.224 e. The predicted molar refractivity (Wildman–Crippen MR) is 78.9 cm³/mol. The summed E-state index contributed by atoms with van der Waals surface area (Å²) < 4.78 is 0. The number of carbonyl (C=O) groups excluding carboxylic acids is 1. The molecule has 0 aromatic rings. The number of hydrogen-bond acceptors (Lipinski definition) is 2. The lowest BCUT2D eigenvalue weighted by Gasteiger charge is -2.27. The van der Waals surface area contributed by atoms with E-state index in [2.05, 4.69) is 24.5 Å². The normalized spacial score (nSPS) is 31.6. The first-order chi connectivity index (χ1) is 9.16. The number of piperidine rings is 1. The fourth-order valence-electron chi connectivity index (χ4n) is 3.50. The van der Waals surface area contributed by atoms with Crippen LogP contribution in [-0.4, -0.2) is 25.0 Å². The van der Waals surface area contributed by atoms with Gasteiger partial charge in [-0.3, -0.25) is 4.79 Å². The Kier molecular flexibility index (Phi) is 5.68. The van der Waals surface area contributed by atoms with Crippen LogP contribution in [0.5, 0.6) is 0 Å². The molecule has 0 aromatic heterocycles. The third-order valence-electron chi connectivity index (χ3n) is 4.77. The Hall–Kier alpha value is -0.570. The Labute approximate surface area is 117 Å². The van der Waals surface area contributed by atoms with E-state index in [1.54, 1.807) is 0 Å². The first kappa shape index (κ1) is 14.8. The molecule has 3 heteroatoms. The first-order valence-corrected chi connectivity index (χ1v) is 8.18. The molecule has 1 aliphatic heterocycles. The predicted octanol–water partition coefficient (Wildman–Crippen LogP) is 2.71. The molecule has 1 aliphatic carbocycles. The molecule has 2 N–H and O–H groups in total. The molecule has 2 aliphatic rings. The summed E-state index contributed by atoms with van der Waals surface area (Å²) >= 11 is 0. The van der Waals surface area contributed by atoms with Gasteiger partial charge < -0.3 is 10.6 Å². The maximum atomic E-state index is 12.3. The minimum Gasteiger partial charge on any atom is -0.353 e. The highest BCUT2D eigenvalue weighted by molar-refractivity contribution is 5.79. The van der Waals surface area contributed by atoms with Crippen LogP contribution in [0.3, 0.4) is 0 Å². The zero-order chi connectivity index (χ0) is 13.7. The van der Waals surface area contributed by atoms with Crippen molar-refractivity contribution >= 4 is 5.91 Å². The van der Waals surface area contributed by atoms with E-state index in [4.69, 9.17) is 0 Å². The van der Waals surface area contributed by atoms with Gasteiger partial charge in [-0.2, -0.15) is 0 Å². The van der Waals surface area contributed by atoms with E-state index in [0.717, 1.165) is 37.8 Å². The van der Waals surface area contributed by atoms with Crippen LogP contribution in [0.25, 0.3) is 0 Å². The molecule has 0 spiro atoms. The fraction of sp³-hybridized carbons (Fsp3) is 0.938. The molecule has 1 heterocycles. The van der Waals surface area contributed by atoms with Crippen LogP contribution < -0.4 is 10.6 Å². The largest absolute Gasteiger partial charge is 0.353 e. The zero-order valence-corrected chi connectivity index (χ0v) is 12.6. The molecular formula is C16H30N2O. The van der Waals surface area contributed by atoms with E-state index < -0.39 is 0 Å². The number of hydrogen-bond donors (Lipinski definition) is 2. The Morgan fingerprint density at radius 2 is 2.11 bits per heavy atom. The zero-order valence-electron chi connectivity index (χ0n) is 12.6. The third kappa shape index (κ3) is 4.48. The molecule has 3 nitrogen and oxygen atoms in total. The number of rotatable bonds is 5. The number of carbonyl (C=O) groups is 1. The van der Waals surface area contributed by atoms with E-state index in [1.165, 1.54) is 32.1 Å². The van der Waals surface area contributed by atoms with Crippen molar-refractivity contribution in [1.82, 2.24) is 10.6 Å². The Morgan fingerprint density at radius 3 is 2.79 bits per heavy atom. The van der Waals surface area contributed by atoms with Crippen molar-refractivity contribution < 1.29 is 4.79 Å². The molecule has 0 bridgehead atoms. The van der Waals surface area contributed by atoms with Gasteiger partial charge in [0.1, 0.15) is 0 Å². The Balaban J connectivity index is 1.78. The van der Waals surface area contributed by atoms with E-state index in [9.17, 15) is 4.79 Å². The average molecular weight is 266 g/mol. The molecular weight excluding hydrogens is 236 g/mol. The quantitative estimate of drug-likeness (QED) is 0.803. The van der Waals surface area contributed by atoms with Gasteiger partial charge in [-0.15, -0.1) is 0 Å². The van der Waals surface area contributed by atoms with E-state index in [0.29, 0.717) is 11.9 Å². The third-order valence-corrected chi connectivity index (χ3v) is 4.77. The van der Waals surface area contributed by atoms with Crippen LogP contribution in [0.4, 0.5) is 0 Å². The molecule has 0 aromatic carbocycles. The molecule has 3 unspecified atom stereocenters. The molecule has 1 amide bonds. The van der Waals surface area contributed by atoms with Gasteiger partial charge in [0.2, 0.25) is 5.91 Å². The second-order valence-electron chi connectivity index (χ2n) is 6.82. The lowest BCUT2D eigenvalue weighted by Crippen LogP contribution is -2.45. The van der Waals surface area contributed by atoms with Gasteiger partial charge in [0.15, 0.2) is 0 Å². The molecule has 0 radical (unpaired) electrons. The van der Waals surface area contributed by atoms with Crippen molar-refractivity contribution in [3.8, 4) is 0 Å². The van der Waals surface area contributed by atoms with Crippen LogP contribution in [0.2, 0.25) is 0 Å². The van der Waals surface area contributed by atoms with Gasteiger partial charge in [0, 0.05) is 12.6 Å². The van der Waals surface area contributed by atoms with Crippen molar-refractivity contribution in [2.75, 3.05) is 13.1 Å². The maximum absolute atomic E-state index is 12.3. The molecule has 110 valence electrons. The van der Waals surface area contributed by atoms with Gasteiger partial charge >= 0.3 is 0 Å². The van der Waals surface area contributed by atoms with Crippen molar-refractivity contribution in [3.63, 3.8) is 0 Å². The van der Waals surface area contributed by atoms with Gasteiger partial charge in [-0.25, -0.2) is 0 Å². The van der Waals surface area contributed by atoms with Gasteiger partial charge in [-0.1, -0.05) is 26.7 Å². The molecule has 2 rings (SSSR count). The summed E-state index contributed by atoms with van der Waals surface area (Å²) in [6, 6.07) is 0.452. The monoisotopic (exact) mass is 266 g/mol. The fourth-order valence-corrected chi connectivity index (χ4v) is 3.50. The van der Waals surface area contributed by atoms with Gasteiger partial charge in [-0.05, 0) is 50.5 Å². The minimum absolute atomic E-state index is 0.208. The summed E-state index contributed by atoms with van der Waals surface area (Å²) in [5, 5.41) is 6.67. The van der Waals surface area contributed by atoms with Gasteiger partial charge in [0.05, 0.1) is 5.92 Å². The summed E-state index contributed by atoms with van der Waals surface area (Å²) in [6.07, 6.45) is 8.56. The molecule has 3 atom stereocenters. The van der Waals surface area contributed by atoms with Crippen molar-refractivity contribution in [2.45, 2.75) is 64.8 Å². The van der Waals surface area contributed by atoms with Crippen molar-refractivity contribution in [2.24, 2.45) is 17.8 Å². The minimum atomic E-state index is 0.208. The SMILES string of the molecule is CC(C)CCC1CCCC1NC(=O)C1CCCNC1. The van der Waals surface area contributed by atoms with Gasteiger partial charge in [0.25, 0.3) is 0 Å². The standard InChI is InChI=1S/C16H30N2O/c1-12(2)8-9-13-5-3-7-15(13)18-16(19)14-6-4-10-17-11-14/h12-15,17H,3-11H2,1-2H3,(H,18,19). The summed E-state index contributed by atoms with van der Waals surface area (Å²) in [7, 11) is 0. The Morgan fingerprint density at radius 1 is 1.26 bits per heavy atom. The van der Waals surface area contributed by atoms with E-state index in [1.807, 2.05) is 0 Å². The second kappa shape index (κ2) is 7.28. The second-order valence-corrected chi connectivity index (χ2v) is 6.82. The maximum Gasteiger partial charge on any atom is 0.224 e.